The number of hydrogen-bond donors (Lipinski definition) is 0. The summed E-state index contributed by atoms with van der Waals surface area (Å²) in [5, 5.41) is 10.7. The molecule has 1 aliphatic rings. The Hall–Kier alpha value is -3.63. The second-order valence-corrected chi connectivity index (χ2v) is 5.67. The van der Waals surface area contributed by atoms with Gasteiger partial charge >= 0.3 is 0 Å². The third-order valence-electron chi connectivity index (χ3n) is 4.18. The van der Waals surface area contributed by atoms with Gasteiger partial charge in [0.05, 0.1) is 18.2 Å². The minimum atomic E-state index is 0.212. The molecule has 2 heterocycles. The third kappa shape index (κ3) is 2.60. The summed E-state index contributed by atoms with van der Waals surface area (Å²) in [5.41, 5.74) is 3.36. The first-order valence-corrected chi connectivity index (χ1v) is 7.83. The van der Waals surface area contributed by atoms with Crippen LogP contribution in [0.1, 0.15) is 11.1 Å². The lowest BCUT2D eigenvalue weighted by atomic mass is 10.0. The Kier molecular flexibility index (Phi) is 3.65. The van der Waals surface area contributed by atoms with E-state index in [9.17, 15) is 5.26 Å². The number of nitrogens with zero attached hydrogens (tertiary/aromatic N) is 2. The van der Waals surface area contributed by atoms with Crippen LogP contribution >= 0.6 is 0 Å². The predicted octanol–water partition coefficient (Wildman–Crippen LogP) is 4.07. The van der Waals surface area contributed by atoms with Crippen LogP contribution in [0.15, 0.2) is 48.7 Å². The standard InChI is InChI=1S/C21H14N2O2/c1-2-9-23-13-17(18-5-3-4-6-19(18)23)10-16(12-22)15-7-8-20-21(11-15)25-14-24-20/h1,3-8,10-11,13H,9,14H2/b16-10-. The Balaban J connectivity index is 1.83. The van der Waals surface area contributed by atoms with Gasteiger partial charge < -0.3 is 14.0 Å². The van der Waals surface area contributed by atoms with Crippen molar-refractivity contribution in [1.82, 2.24) is 4.57 Å². The van der Waals surface area contributed by atoms with E-state index in [1.807, 2.05) is 59.3 Å². The molecule has 0 unspecified atom stereocenters. The molecule has 25 heavy (non-hydrogen) atoms. The van der Waals surface area contributed by atoms with Crippen molar-refractivity contribution < 1.29 is 9.47 Å². The Morgan fingerprint density at radius 2 is 2.04 bits per heavy atom. The molecule has 4 nitrogen and oxygen atoms in total. The molecule has 3 aromatic rings. The zero-order chi connectivity index (χ0) is 17.2. The highest BCUT2D eigenvalue weighted by Crippen LogP contribution is 2.35. The van der Waals surface area contributed by atoms with Crippen LogP contribution in [0.5, 0.6) is 11.5 Å². The van der Waals surface area contributed by atoms with Gasteiger partial charge in [0.1, 0.15) is 0 Å². The molecule has 0 radical (unpaired) electrons. The van der Waals surface area contributed by atoms with Crippen LogP contribution in [0, 0.1) is 23.7 Å². The van der Waals surface area contributed by atoms with Crippen molar-refractivity contribution in [3.63, 3.8) is 0 Å². The van der Waals surface area contributed by atoms with Gasteiger partial charge in [-0.3, -0.25) is 0 Å². The lowest BCUT2D eigenvalue weighted by Crippen LogP contribution is -1.92. The molecule has 0 saturated carbocycles. The van der Waals surface area contributed by atoms with Crippen LogP contribution in [-0.2, 0) is 6.54 Å². The molecule has 1 aliphatic heterocycles. The van der Waals surface area contributed by atoms with Crippen LogP contribution in [0.4, 0.5) is 0 Å². The van der Waals surface area contributed by atoms with Crippen LogP contribution in [0.2, 0.25) is 0 Å². The topological polar surface area (TPSA) is 47.2 Å². The van der Waals surface area contributed by atoms with Crippen LogP contribution < -0.4 is 9.47 Å². The first-order valence-electron chi connectivity index (χ1n) is 7.83. The van der Waals surface area contributed by atoms with Crippen molar-refractivity contribution >= 4 is 22.6 Å². The number of terminal acetylenes is 1. The lowest BCUT2D eigenvalue weighted by molar-refractivity contribution is 0.174. The van der Waals surface area contributed by atoms with Crippen molar-refractivity contribution in [3.8, 4) is 29.9 Å². The average molecular weight is 326 g/mol. The number of ether oxygens (including phenoxy) is 2. The predicted molar refractivity (Wildman–Crippen MR) is 96.8 cm³/mol. The van der Waals surface area contributed by atoms with Gasteiger partial charge in [0.15, 0.2) is 11.5 Å². The maximum absolute atomic E-state index is 9.64. The Bertz CT molecular complexity index is 1080. The molecule has 120 valence electrons. The first-order chi connectivity index (χ1) is 12.3. The highest BCUT2D eigenvalue weighted by atomic mass is 16.7. The number of nitriles is 1. The third-order valence-corrected chi connectivity index (χ3v) is 4.18. The number of benzene rings is 2. The van der Waals surface area contributed by atoms with Gasteiger partial charge in [0, 0.05) is 22.7 Å². The SMILES string of the molecule is C#CCn1cc(/C=C(/C#N)c2ccc3c(c2)OCO3)c2ccccc21. The smallest absolute Gasteiger partial charge is 0.231 e. The van der Waals surface area contributed by atoms with Crippen LogP contribution in [-0.4, -0.2) is 11.4 Å². The van der Waals surface area contributed by atoms with Crippen molar-refractivity contribution in [2.75, 3.05) is 6.79 Å². The molecule has 0 fully saturated rings. The van der Waals surface area contributed by atoms with Crippen LogP contribution in [0.3, 0.4) is 0 Å². The number of hydrogen-bond acceptors (Lipinski definition) is 3. The van der Waals surface area contributed by atoms with E-state index in [2.05, 4.69) is 12.0 Å². The summed E-state index contributed by atoms with van der Waals surface area (Å²) >= 11 is 0. The fraction of sp³-hybridized carbons (Fsp3) is 0.0952. The Morgan fingerprint density at radius 3 is 2.88 bits per heavy atom. The van der Waals surface area contributed by atoms with Gasteiger partial charge in [-0.1, -0.05) is 24.1 Å². The molecule has 4 heteroatoms. The number of allylic oxidation sites excluding steroid dienone is 1. The summed E-state index contributed by atoms with van der Waals surface area (Å²) in [4.78, 5) is 0. The number of fused-ring (bicyclic) bond motifs is 2. The van der Waals surface area contributed by atoms with E-state index in [0.717, 1.165) is 22.0 Å². The highest BCUT2D eigenvalue weighted by molar-refractivity contribution is 5.98. The zero-order valence-electron chi connectivity index (χ0n) is 13.4. The van der Waals surface area contributed by atoms with E-state index in [-0.39, 0.29) is 6.79 Å². The molecule has 0 atom stereocenters. The summed E-state index contributed by atoms with van der Waals surface area (Å²) in [7, 11) is 0. The van der Waals surface area contributed by atoms with Gasteiger partial charge in [-0.25, -0.2) is 0 Å². The molecular weight excluding hydrogens is 312 g/mol. The molecule has 0 bridgehead atoms. The summed E-state index contributed by atoms with van der Waals surface area (Å²) in [6.45, 7) is 0.699. The normalized spacial score (nSPS) is 12.8. The van der Waals surface area contributed by atoms with Gasteiger partial charge in [-0.05, 0) is 35.9 Å². The first kappa shape index (κ1) is 14.9. The minimum absolute atomic E-state index is 0.212. The van der Waals surface area contributed by atoms with Crippen molar-refractivity contribution in [2.24, 2.45) is 0 Å². The summed E-state index contributed by atoms with van der Waals surface area (Å²) in [6, 6.07) is 15.8. The molecule has 4 rings (SSSR count). The van der Waals surface area contributed by atoms with Gasteiger partial charge in [0.25, 0.3) is 0 Å². The summed E-state index contributed by atoms with van der Waals surface area (Å²) in [6.07, 6.45) is 9.33. The van der Waals surface area contributed by atoms with E-state index in [1.165, 1.54) is 0 Å². The van der Waals surface area contributed by atoms with Crippen LogP contribution in [0.25, 0.3) is 22.6 Å². The van der Waals surface area contributed by atoms with E-state index in [1.54, 1.807) is 0 Å². The van der Waals surface area contributed by atoms with Gasteiger partial charge in [0.2, 0.25) is 6.79 Å². The van der Waals surface area contributed by atoms with E-state index < -0.39 is 0 Å². The fourth-order valence-electron chi connectivity index (χ4n) is 3.02. The Morgan fingerprint density at radius 1 is 1.20 bits per heavy atom. The number of rotatable bonds is 3. The maximum Gasteiger partial charge on any atom is 0.231 e. The van der Waals surface area contributed by atoms with Gasteiger partial charge in [-0.15, -0.1) is 6.42 Å². The second-order valence-electron chi connectivity index (χ2n) is 5.67. The summed E-state index contributed by atoms with van der Waals surface area (Å²) < 4.78 is 12.7. The Labute approximate surface area is 145 Å². The molecule has 0 N–H and O–H groups in total. The highest BCUT2D eigenvalue weighted by Gasteiger charge is 2.15. The molecule has 0 aliphatic carbocycles. The zero-order valence-corrected chi connectivity index (χ0v) is 13.4. The van der Waals surface area contributed by atoms with Crippen molar-refractivity contribution in [1.29, 1.82) is 5.26 Å². The van der Waals surface area contributed by atoms with E-state index in [0.29, 0.717) is 23.6 Å². The van der Waals surface area contributed by atoms with E-state index >= 15 is 0 Å². The number of aromatic nitrogens is 1. The quantitative estimate of drug-likeness (QED) is 0.538. The number of para-hydroxylation sites is 1. The maximum atomic E-state index is 9.64. The minimum Gasteiger partial charge on any atom is -0.454 e. The van der Waals surface area contributed by atoms with Gasteiger partial charge in [-0.2, -0.15) is 5.26 Å². The fourth-order valence-corrected chi connectivity index (χ4v) is 3.02. The second kappa shape index (κ2) is 6.11. The summed E-state index contributed by atoms with van der Waals surface area (Å²) in [5.74, 6) is 4.02. The molecule has 1 aromatic heterocycles. The molecular formula is C21H14N2O2. The monoisotopic (exact) mass is 326 g/mol. The van der Waals surface area contributed by atoms with Crippen molar-refractivity contribution in [2.45, 2.75) is 6.54 Å². The molecule has 0 saturated heterocycles. The molecule has 0 spiro atoms. The average Bonchev–Trinajstić information content (AvgIpc) is 3.24. The molecule has 0 amide bonds. The van der Waals surface area contributed by atoms with Crippen molar-refractivity contribution in [3.05, 3.63) is 59.8 Å². The largest absolute Gasteiger partial charge is 0.454 e. The van der Waals surface area contributed by atoms with E-state index in [4.69, 9.17) is 15.9 Å². The molecule has 2 aromatic carbocycles. The lowest BCUT2D eigenvalue weighted by Gasteiger charge is -2.01.